The molecule has 0 aromatic heterocycles. The first-order valence-corrected chi connectivity index (χ1v) is 2.66. The van der Waals surface area contributed by atoms with Gasteiger partial charge in [-0.05, 0) is 11.3 Å². The van der Waals surface area contributed by atoms with Crippen LogP contribution < -0.4 is 0 Å². The first-order chi connectivity index (χ1) is 4.34. The van der Waals surface area contributed by atoms with Crippen molar-refractivity contribution in [3.8, 4) is 0 Å². The van der Waals surface area contributed by atoms with Crippen molar-refractivity contribution in [2.45, 2.75) is 12.2 Å². The molecule has 0 spiro atoms. The summed E-state index contributed by atoms with van der Waals surface area (Å²) in [5, 5.41) is 18.7. The van der Waals surface area contributed by atoms with Crippen LogP contribution in [-0.2, 0) is 10.1 Å². The fourth-order valence-corrected chi connectivity index (χ4v) is 0.664. The van der Waals surface area contributed by atoms with Crippen LogP contribution in [0.25, 0.3) is 0 Å². The van der Waals surface area contributed by atoms with Crippen LogP contribution in [0.4, 0.5) is 0 Å². The average Bonchev–Trinajstić information content (AvgIpc) is 1.89. The molecular formula is C6H7O3. The molecule has 0 aromatic carbocycles. The topological polar surface area (TPSA) is 49.4 Å². The maximum atomic E-state index is 9.75. The van der Waals surface area contributed by atoms with E-state index in [0.717, 1.165) is 0 Å². The summed E-state index contributed by atoms with van der Waals surface area (Å²) in [6.45, 7) is 0. The van der Waals surface area contributed by atoms with E-state index in [2.05, 4.69) is 4.89 Å². The number of allylic oxidation sites excluding steroid dienone is 2. The minimum absolute atomic E-state index is 0.713. The maximum absolute atomic E-state index is 9.75. The van der Waals surface area contributed by atoms with E-state index in [1.807, 2.05) is 0 Å². The summed E-state index contributed by atoms with van der Waals surface area (Å²) in [4.78, 5) is 3.67. The summed E-state index contributed by atoms with van der Waals surface area (Å²) in [7, 11) is 0. The Balaban J connectivity index is 2.55. The molecule has 0 aliphatic heterocycles. The van der Waals surface area contributed by atoms with Gasteiger partial charge in [0.25, 0.3) is 0 Å². The molecule has 1 aliphatic carbocycles. The first kappa shape index (κ1) is 6.48. The summed E-state index contributed by atoms with van der Waals surface area (Å²) >= 11 is 0. The summed E-state index contributed by atoms with van der Waals surface area (Å²) in [5.41, 5.74) is 0. The molecule has 1 radical (unpaired) electrons. The van der Waals surface area contributed by atoms with Crippen molar-refractivity contribution in [1.82, 2.24) is 0 Å². The lowest BCUT2D eigenvalue weighted by atomic mass is 10.1. The van der Waals surface area contributed by atoms with Gasteiger partial charge >= 0.3 is 0 Å². The Bertz CT molecular complexity index is 139. The van der Waals surface area contributed by atoms with E-state index in [-0.39, 0.29) is 0 Å². The van der Waals surface area contributed by atoms with Crippen LogP contribution in [0.3, 0.4) is 0 Å². The Hall–Kier alpha value is -0.640. The van der Waals surface area contributed by atoms with E-state index in [0.29, 0.717) is 0 Å². The lowest BCUT2D eigenvalue weighted by molar-refractivity contribution is -0.334. The van der Waals surface area contributed by atoms with Gasteiger partial charge in [-0.1, -0.05) is 18.2 Å². The van der Waals surface area contributed by atoms with Gasteiger partial charge in [0.15, 0.2) is 0 Å². The monoisotopic (exact) mass is 127 g/mol. The summed E-state index contributed by atoms with van der Waals surface area (Å²) in [5.74, 6) is 0. The van der Waals surface area contributed by atoms with E-state index >= 15 is 0 Å². The van der Waals surface area contributed by atoms with Gasteiger partial charge < -0.3 is 5.11 Å². The first-order valence-electron chi connectivity index (χ1n) is 2.66. The lowest BCUT2D eigenvalue weighted by Crippen LogP contribution is -2.24. The smallest absolute Gasteiger partial charge is 0.144 e. The van der Waals surface area contributed by atoms with Crippen molar-refractivity contribution in [3.05, 3.63) is 24.3 Å². The zero-order valence-corrected chi connectivity index (χ0v) is 4.73. The Labute approximate surface area is 52.8 Å². The van der Waals surface area contributed by atoms with Crippen molar-refractivity contribution in [2.75, 3.05) is 0 Å². The number of rotatable bonds is 1. The second-order valence-electron chi connectivity index (χ2n) is 1.82. The highest BCUT2D eigenvalue weighted by Crippen LogP contribution is 2.06. The number of aliphatic hydroxyl groups excluding tert-OH is 1. The largest absolute Gasteiger partial charge is 0.386 e. The van der Waals surface area contributed by atoms with Crippen LogP contribution in [0.2, 0.25) is 0 Å². The van der Waals surface area contributed by atoms with Crippen LogP contribution in [-0.4, -0.2) is 17.3 Å². The van der Waals surface area contributed by atoms with Crippen LogP contribution in [0.15, 0.2) is 24.3 Å². The lowest BCUT2D eigenvalue weighted by Gasteiger charge is -2.13. The second kappa shape index (κ2) is 2.77. The quantitative estimate of drug-likeness (QED) is 0.404. The fourth-order valence-electron chi connectivity index (χ4n) is 0.664. The summed E-state index contributed by atoms with van der Waals surface area (Å²) < 4.78 is 0. The molecule has 1 N–H and O–H groups in total. The zero-order chi connectivity index (χ0) is 6.69. The Morgan fingerprint density at radius 3 is 2.44 bits per heavy atom. The van der Waals surface area contributed by atoms with Gasteiger partial charge in [0.05, 0.1) is 0 Å². The van der Waals surface area contributed by atoms with Crippen molar-refractivity contribution < 1.29 is 15.3 Å². The number of aliphatic hydroxyl groups is 1. The SMILES string of the molecule is [O]O[C@H]1C=CC=C[C@H]1O. The second-order valence-corrected chi connectivity index (χ2v) is 1.82. The molecule has 0 fully saturated rings. The fraction of sp³-hybridized carbons (Fsp3) is 0.333. The molecule has 0 heterocycles. The molecule has 1 rings (SSSR count). The van der Waals surface area contributed by atoms with Crippen molar-refractivity contribution in [3.63, 3.8) is 0 Å². The highest BCUT2D eigenvalue weighted by molar-refractivity contribution is 5.15. The van der Waals surface area contributed by atoms with Gasteiger partial charge in [-0.2, -0.15) is 4.89 Å². The van der Waals surface area contributed by atoms with Gasteiger partial charge in [-0.25, -0.2) is 0 Å². The van der Waals surface area contributed by atoms with Crippen LogP contribution in [0, 0.1) is 0 Å². The molecule has 9 heavy (non-hydrogen) atoms. The predicted molar refractivity (Wildman–Crippen MR) is 29.8 cm³/mol. The van der Waals surface area contributed by atoms with Crippen LogP contribution in [0.1, 0.15) is 0 Å². The minimum Gasteiger partial charge on any atom is -0.386 e. The van der Waals surface area contributed by atoms with Gasteiger partial charge in [-0.3, -0.25) is 0 Å². The van der Waals surface area contributed by atoms with Crippen LogP contribution in [0.5, 0.6) is 0 Å². The highest BCUT2D eigenvalue weighted by atomic mass is 17.1. The average molecular weight is 127 g/mol. The Kier molecular flexibility index (Phi) is 2.00. The number of hydrogen-bond acceptors (Lipinski definition) is 2. The Morgan fingerprint density at radius 2 is 2.00 bits per heavy atom. The van der Waals surface area contributed by atoms with E-state index < -0.39 is 12.2 Å². The van der Waals surface area contributed by atoms with Crippen molar-refractivity contribution >= 4 is 0 Å². The summed E-state index contributed by atoms with van der Waals surface area (Å²) in [6, 6.07) is 0. The zero-order valence-electron chi connectivity index (χ0n) is 4.73. The van der Waals surface area contributed by atoms with E-state index in [9.17, 15) is 5.26 Å². The van der Waals surface area contributed by atoms with E-state index in [1.54, 1.807) is 12.2 Å². The molecule has 0 bridgehead atoms. The predicted octanol–water partition coefficient (Wildman–Crippen LogP) is 0.204. The normalized spacial score (nSPS) is 33.1. The highest BCUT2D eigenvalue weighted by Gasteiger charge is 2.15. The third-order valence-corrected chi connectivity index (χ3v) is 1.17. The van der Waals surface area contributed by atoms with Crippen molar-refractivity contribution in [2.24, 2.45) is 0 Å². The maximum Gasteiger partial charge on any atom is 0.144 e. The molecular weight excluding hydrogens is 120 g/mol. The molecule has 3 heteroatoms. The molecule has 49 valence electrons. The molecule has 2 atom stereocenters. The van der Waals surface area contributed by atoms with Gasteiger partial charge in [-0.15, -0.1) is 0 Å². The van der Waals surface area contributed by atoms with Crippen molar-refractivity contribution in [1.29, 1.82) is 0 Å². The molecule has 0 amide bonds. The molecule has 1 aliphatic rings. The molecule has 3 nitrogen and oxygen atoms in total. The van der Waals surface area contributed by atoms with Gasteiger partial charge in [0, 0.05) is 0 Å². The van der Waals surface area contributed by atoms with E-state index in [4.69, 9.17) is 5.11 Å². The molecule has 0 saturated carbocycles. The Morgan fingerprint density at radius 1 is 1.33 bits per heavy atom. The molecule has 0 unspecified atom stereocenters. The summed E-state index contributed by atoms with van der Waals surface area (Å²) in [6.07, 6.45) is 4.85. The van der Waals surface area contributed by atoms with Gasteiger partial charge in [0.1, 0.15) is 12.2 Å². The van der Waals surface area contributed by atoms with E-state index in [1.165, 1.54) is 12.2 Å². The van der Waals surface area contributed by atoms with Gasteiger partial charge in [0.2, 0.25) is 0 Å². The third-order valence-electron chi connectivity index (χ3n) is 1.17. The molecule has 0 aromatic rings. The minimum atomic E-state index is -0.785. The van der Waals surface area contributed by atoms with Crippen LogP contribution >= 0.6 is 0 Å². The molecule has 0 saturated heterocycles. The standard InChI is InChI=1S/C6H7O3/c7-5-3-1-2-4-6(5)9-8/h1-7H/t5-,6+/m1/s1. The third kappa shape index (κ3) is 1.38. The number of hydrogen-bond donors (Lipinski definition) is 1.